The average Bonchev–Trinajstić information content (AvgIpc) is 3.06. The molecule has 23 heavy (non-hydrogen) atoms. The molecule has 4 nitrogen and oxygen atoms in total. The van der Waals surface area contributed by atoms with Crippen molar-refractivity contribution in [2.75, 3.05) is 11.9 Å². The van der Waals surface area contributed by atoms with Crippen LogP contribution in [0.2, 0.25) is 0 Å². The van der Waals surface area contributed by atoms with Crippen LogP contribution in [0.1, 0.15) is 63.9 Å². The van der Waals surface area contributed by atoms with Gasteiger partial charge in [-0.15, -0.1) is 0 Å². The van der Waals surface area contributed by atoms with E-state index < -0.39 is 0 Å². The third kappa shape index (κ3) is 5.70. The van der Waals surface area contributed by atoms with Crippen LogP contribution in [-0.2, 0) is 14.3 Å². The van der Waals surface area contributed by atoms with Gasteiger partial charge in [0.1, 0.15) is 0 Å². The second kappa shape index (κ2) is 8.70. The lowest BCUT2D eigenvalue weighted by Gasteiger charge is -2.11. The summed E-state index contributed by atoms with van der Waals surface area (Å²) in [6.07, 6.45) is 6.13. The molecule has 4 heteroatoms. The Bertz CT molecular complexity index is 518. The standard InChI is InChI=1S/C19H27NO3/c1-3-14(2)16-8-10-17(11-9-16)20-18(21)13-23-19(22)12-15-6-4-5-7-15/h8-11,14-15H,3-7,12-13H2,1-2H3,(H,20,21)/t14-/m0/s1. The van der Waals surface area contributed by atoms with Gasteiger partial charge in [0.15, 0.2) is 6.61 Å². The number of rotatable bonds is 7. The van der Waals surface area contributed by atoms with Crippen LogP contribution < -0.4 is 5.32 Å². The lowest BCUT2D eigenvalue weighted by molar-refractivity contribution is -0.148. The fourth-order valence-corrected chi connectivity index (χ4v) is 2.98. The number of anilines is 1. The highest BCUT2D eigenvalue weighted by Gasteiger charge is 2.19. The molecular weight excluding hydrogens is 290 g/mol. The van der Waals surface area contributed by atoms with Gasteiger partial charge >= 0.3 is 5.97 Å². The highest BCUT2D eigenvalue weighted by Crippen LogP contribution is 2.27. The summed E-state index contributed by atoms with van der Waals surface area (Å²) in [5.41, 5.74) is 1.99. The highest BCUT2D eigenvalue weighted by molar-refractivity contribution is 5.92. The summed E-state index contributed by atoms with van der Waals surface area (Å²) in [7, 11) is 0. The number of amides is 1. The molecule has 0 unspecified atom stereocenters. The van der Waals surface area contributed by atoms with E-state index in [9.17, 15) is 9.59 Å². The van der Waals surface area contributed by atoms with E-state index in [1.807, 2.05) is 24.3 Å². The van der Waals surface area contributed by atoms with Gasteiger partial charge in [-0.3, -0.25) is 9.59 Å². The Morgan fingerprint density at radius 3 is 2.48 bits per heavy atom. The minimum absolute atomic E-state index is 0.210. The zero-order chi connectivity index (χ0) is 16.7. The van der Waals surface area contributed by atoms with E-state index in [-0.39, 0.29) is 18.5 Å². The highest BCUT2D eigenvalue weighted by atomic mass is 16.5. The SMILES string of the molecule is CC[C@H](C)c1ccc(NC(=O)COC(=O)CC2CCCC2)cc1. The largest absolute Gasteiger partial charge is 0.456 e. The lowest BCUT2D eigenvalue weighted by atomic mass is 9.99. The number of carbonyl (C=O) groups is 2. The third-order valence-electron chi connectivity index (χ3n) is 4.67. The van der Waals surface area contributed by atoms with Crippen molar-refractivity contribution in [3.63, 3.8) is 0 Å². The van der Waals surface area contributed by atoms with E-state index in [0.29, 0.717) is 18.3 Å². The van der Waals surface area contributed by atoms with Crippen molar-refractivity contribution in [2.24, 2.45) is 5.92 Å². The third-order valence-corrected chi connectivity index (χ3v) is 4.67. The first kappa shape index (κ1) is 17.5. The Balaban J connectivity index is 1.72. The molecule has 1 aliphatic carbocycles. The molecule has 0 radical (unpaired) electrons. The van der Waals surface area contributed by atoms with Gasteiger partial charge in [-0.2, -0.15) is 0 Å². The summed E-state index contributed by atoms with van der Waals surface area (Å²) in [6.45, 7) is 4.12. The number of ether oxygens (including phenoxy) is 1. The Kier molecular flexibility index (Phi) is 6.63. The number of esters is 1. The van der Waals surface area contributed by atoms with Crippen LogP contribution in [0.25, 0.3) is 0 Å². The van der Waals surface area contributed by atoms with Crippen LogP contribution in [0.4, 0.5) is 5.69 Å². The number of carbonyl (C=O) groups excluding carboxylic acids is 2. The number of hydrogen-bond donors (Lipinski definition) is 1. The molecule has 0 aromatic heterocycles. The molecule has 1 aromatic carbocycles. The number of benzene rings is 1. The fraction of sp³-hybridized carbons (Fsp3) is 0.579. The van der Waals surface area contributed by atoms with Gasteiger partial charge < -0.3 is 10.1 Å². The van der Waals surface area contributed by atoms with Crippen molar-refractivity contribution in [2.45, 2.75) is 58.3 Å². The summed E-state index contributed by atoms with van der Waals surface area (Å²) < 4.78 is 5.07. The van der Waals surface area contributed by atoms with Crippen molar-refractivity contribution < 1.29 is 14.3 Å². The molecule has 1 amide bonds. The molecular formula is C19H27NO3. The van der Waals surface area contributed by atoms with Crippen molar-refractivity contribution in [3.8, 4) is 0 Å². The molecule has 1 saturated carbocycles. The van der Waals surface area contributed by atoms with E-state index in [2.05, 4.69) is 19.2 Å². The Labute approximate surface area is 138 Å². The predicted octanol–water partition coefficient (Wildman–Crippen LogP) is 4.26. The molecule has 1 N–H and O–H groups in total. The van der Waals surface area contributed by atoms with Gasteiger partial charge in [0.2, 0.25) is 0 Å². The van der Waals surface area contributed by atoms with E-state index in [1.54, 1.807) is 0 Å². The van der Waals surface area contributed by atoms with Gasteiger partial charge in [-0.25, -0.2) is 0 Å². The predicted molar refractivity (Wildman–Crippen MR) is 91.3 cm³/mol. The van der Waals surface area contributed by atoms with Gasteiger partial charge in [0.05, 0.1) is 0 Å². The van der Waals surface area contributed by atoms with Crippen LogP contribution in [-0.4, -0.2) is 18.5 Å². The average molecular weight is 317 g/mol. The van der Waals surface area contributed by atoms with Crippen molar-refractivity contribution in [1.82, 2.24) is 0 Å². The fourth-order valence-electron chi connectivity index (χ4n) is 2.98. The van der Waals surface area contributed by atoms with Gasteiger partial charge in [0, 0.05) is 12.1 Å². The Morgan fingerprint density at radius 2 is 1.87 bits per heavy atom. The van der Waals surface area contributed by atoms with E-state index in [4.69, 9.17) is 4.74 Å². The van der Waals surface area contributed by atoms with Gasteiger partial charge in [-0.05, 0) is 48.8 Å². The quantitative estimate of drug-likeness (QED) is 0.764. The number of nitrogens with one attached hydrogen (secondary N) is 1. The van der Waals surface area contributed by atoms with E-state index >= 15 is 0 Å². The minimum Gasteiger partial charge on any atom is -0.456 e. The maximum atomic E-state index is 11.8. The molecule has 0 heterocycles. The smallest absolute Gasteiger partial charge is 0.306 e. The molecule has 2 rings (SSSR count). The Morgan fingerprint density at radius 1 is 1.22 bits per heavy atom. The zero-order valence-corrected chi connectivity index (χ0v) is 14.1. The van der Waals surface area contributed by atoms with E-state index in [1.165, 1.54) is 18.4 Å². The van der Waals surface area contributed by atoms with Gasteiger partial charge in [0.25, 0.3) is 5.91 Å². The lowest BCUT2D eigenvalue weighted by Crippen LogP contribution is -2.21. The van der Waals surface area contributed by atoms with Crippen molar-refractivity contribution >= 4 is 17.6 Å². The minimum atomic E-state index is -0.291. The van der Waals surface area contributed by atoms with Crippen LogP contribution >= 0.6 is 0 Å². The topological polar surface area (TPSA) is 55.4 Å². The monoisotopic (exact) mass is 317 g/mol. The summed E-state index contributed by atoms with van der Waals surface area (Å²) >= 11 is 0. The van der Waals surface area contributed by atoms with Crippen LogP contribution in [0.15, 0.2) is 24.3 Å². The van der Waals surface area contributed by atoms with Crippen LogP contribution in [0, 0.1) is 5.92 Å². The van der Waals surface area contributed by atoms with Crippen LogP contribution in [0.5, 0.6) is 0 Å². The first-order chi connectivity index (χ1) is 11.1. The Hall–Kier alpha value is -1.84. The van der Waals surface area contributed by atoms with Gasteiger partial charge in [-0.1, -0.05) is 38.8 Å². The molecule has 0 saturated heterocycles. The zero-order valence-electron chi connectivity index (χ0n) is 14.1. The second-order valence-electron chi connectivity index (χ2n) is 6.49. The summed E-state index contributed by atoms with van der Waals surface area (Å²) in [4.78, 5) is 23.5. The molecule has 1 atom stereocenters. The maximum absolute atomic E-state index is 11.8. The molecule has 0 aliphatic heterocycles. The summed E-state index contributed by atoms with van der Waals surface area (Å²) in [6, 6.07) is 7.82. The molecule has 1 aliphatic rings. The molecule has 1 aromatic rings. The second-order valence-corrected chi connectivity index (χ2v) is 6.49. The molecule has 126 valence electrons. The maximum Gasteiger partial charge on any atom is 0.306 e. The van der Waals surface area contributed by atoms with Crippen molar-refractivity contribution in [3.05, 3.63) is 29.8 Å². The first-order valence-corrected chi connectivity index (χ1v) is 8.64. The molecule has 0 spiro atoms. The normalized spacial score (nSPS) is 16.1. The molecule has 1 fully saturated rings. The summed E-state index contributed by atoms with van der Waals surface area (Å²) in [5, 5.41) is 2.76. The van der Waals surface area contributed by atoms with E-state index in [0.717, 1.165) is 24.9 Å². The van der Waals surface area contributed by atoms with Crippen molar-refractivity contribution in [1.29, 1.82) is 0 Å². The first-order valence-electron chi connectivity index (χ1n) is 8.64. The molecule has 0 bridgehead atoms. The summed E-state index contributed by atoms with van der Waals surface area (Å²) in [5.74, 6) is 0.398. The number of hydrogen-bond acceptors (Lipinski definition) is 3. The van der Waals surface area contributed by atoms with Crippen LogP contribution in [0.3, 0.4) is 0 Å².